The van der Waals surface area contributed by atoms with Crippen LogP contribution in [0.1, 0.15) is 32.6 Å². The average Bonchev–Trinajstić information content (AvgIpc) is 3.09. The SMILES string of the molecule is CC1CCCN(c2ccc([N+](=O)[O-])cc2S(=O)(=O)N2CCCC2)C1. The molecular weight excluding hydrogens is 330 g/mol. The van der Waals surface area contributed by atoms with Gasteiger partial charge >= 0.3 is 0 Å². The molecule has 1 unspecified atom stereocenters. The van der Waals surface area contributed by atoms with Gasteiger partial charge in [0.15, 0.2) is 0 Å². The lowest BCUT2D eigenvalue weighted by atomic mass is 10.00. The zero-order valence-electron chi connectivity index (χ0n) is 13.8. The molecule has 0 N–H and O–H groups in total. The molecule has 0 amide bonds. The topological polar surface area (TPSA) is 83.8 Å². The standard InChI is InChI=1S/C16H23N3O4S/c1-13-5-4-8-17(12-13)15-7-6-14(19(20)21)11-16(15)24(22,23)18-9-2-3-10-18/h6-7,11,13H,2-5,8-10,12H2,1H3. The van der Waals surface area contributed by atoms with Gasteiger partial charge in [0.05, 0.1) is 10.6 Å². The van der Waals surface area contributed by atoms with E-state index in [0.717, 1.165) is 38.8 Å². The molecule has 7 nitrogen and oxygen atoms in total. The monoisotopic (exact) mass is 353 g/mol. The number of nitro groups is 1. The number of piperidine rings is 1. The van der Waals surface area contributed by atoms with E-state index in [2.05, 4.69) is 11.8 Å². The molecule has 2 saturated heterocycles. The Morgan fingerprint density at radius 1 is 1.17 bits per heavy atom. The second-order valence-corrected chi connectivity index (χ2v) is 8.62. The van der Waals surface area contributed by atoms with Gasteiger partial charge in [-0.1, -0.05) is 6.92 Å². The number of hydrogen-bond donors (Lipinski definition) is 0. The Balaban J connectivity index is 2.06. The Labute approximate surface area is 142 Å². The van der Waals surface area contributed by atoms with E-state index in [1.165, 1.54) is 16.4 Å². The van der Waals surface area contributed by atoms with Crippen LogP contribution in [0.15, 0.2) is 23.1 Å². The fourth-order valence-corrected chi connectivity index (χ4v) is 5.31. The number of benzene rings is 1. The number of hydrogen-bond acceptors (Lipinski definition) is 5. The molecule has 2 fully saturated rings. The van der Waals surface area contributed by atoms with Gasteiger partial charge in [-0.05, 0) is 37.7 Å². The Kier molecular flexibility index (Phi) is 4.78. The van der Waals surface area contributed by atoms with Crippen LogP contribution in [-0.4, -0.2) is 43.8 Å². The van der Waals surface area contributed by atoms with Crippen molar-refractivity contribution >= 4 is 21.4 Å². The maximum absolute atomic E-state index is 13.0. The van der Waals surface area contributed by atoms with E-state index in [1.807, 2.05) is 0 Å². The van der Waals surface area contributed by atoms with E-state index in [-0.39, 0.29) is 10.6 Å². The van der Waals surface area contributed by atoms with Crippen molar-refractivity contribution in [2.24, 2.45) is 5.92 Å². The number of non-ortho nitro benzene ring substituents is 1. The van der Waals surface area contributed by atoms with Gasteiger partial charge in [0, 0.05) is 38.3 Å². The Morgan fingerprint density at radius 2 is 1.88 bits per heavy atom. The van der Waals surface area contributed by atoms with Gasteiger partial charge in [0.2, 0.25) is 10.0 Å². The van der Waals surface area contributed by atoms with Crippen molar-refractivity contribution < 1.29 is 13.3 Å². The van der Waals surface area contributed by atoms with Crippen LogP contribution in [0.25, 0.3) is 0 Å². The normalized spacial score (nSPS) is 22.7. The number of nitro benzene ring substituents is 1. The number of nitrogens with zero attached hydrogens (tertiary/aromatic N) is 3. The summed E-state index contributed by atoms with van der Waals surface area (Å²) in [5, 5.41) is 11.1. The minimum Gasteiger partial charge on any atom is -0.370 e. The first-order chi connectivity index (χ1) is 11.4. The summed E-state index contributed by atoms with van der Waals surface area (Å²) >= 11 is 0. The van der Waals surface area contributed by atoms with Crippen molar-refractivity contribution in [1.82, 2.24) is 4.31 Å². The van der Waals surface area contributed by atoms with Crippen molar-refractivity contribution in [1.29, 1.82) is 0 Å². The van der Waals surface area contributed by atoms with E-state index in [0.29, 0.717) is 24.7 Å². The summed E-state index contributed by atoms with van der Waals surface area (Å²) < 4.78 is 27.5. The number of anilines is 1. The van der Waals surface area contributed by atoms with Crippen LogP contribution in [-0.2, 0) is 10.0 Å². The van der Waals surface area contributed by atoms with Crippen molar-refractivity contribution in [3.8, 4) is 0 Å². The molecule has 0 bridgehead atoms. The maximum Gasteiger partial charge on any atom is 0.270 e. The van der Waals surface area contributed by atoms with E-state index in [4.69, 9.17) is 0 Å². The molecule has 2 heterocycles. The minimum absolute atomic E-state index is 0.0766. The molecule has 0 saturated carbocycles. The zero-order chi connectivity index (χ0) is 17.3. The lowest BCUT2D eigenvalue weighted by Crippen LogP contribution is -2.36. The molecule has 2 aliphatic rings. The van der Waals surface area contributed by atoms with Crippen molar-refractivity contribution in [3.05, 3.63) is 28.3 Å². The fraction of sp³-hybridized carbons (Fsp3) is 0.625. The minimum atomic E-state index is -3.70. The highest BCUT2D eigenvalue weighted by atomic mass is 32.2. The molecule has 132 valence electrons. The fourth-order valence-electron chi connectivity index (χ4n) is 3.56. The molecule has 0 spiro atoms. The highest BCUT2D eigenvalue weighted by molar-refractivity contribution is 7.89. The molecule has 0 aliphatic carbocycles. The molecule has 0 aromatic heterocycles. The van der Waals surface area contributed by atoms with Crippen LogP contribution in [0.2, 0.25) is 0 Å². The lowest BCUT2D eigenvalue weighted by Gasteiger charge is -2.34. The van der Waals surface area contributed by atoms with Gasteiger partial charge in [-0.15, -0.1) is 0 Å². The van der Waals surface area contributed by atoms with Crippen LogP contribution < -0.4 is 4.90 Å². The van der Waals surface area contributed by atoms with Crippen molar-refractivity contribution in [2.45, 2.75) is 37.5 Å². The van der Waals surface area contributed by atoms with Crippen molar-refractivity contribution in [3.63, 3.8) is 0 Å². The summed E-state index contributed by atoms with van der Waals surface area (Å²) in [5.41, 5.74) is 0.417. The first-order valence-corrected chi connectivity index (χ1v) is 9.87. The number of sulfonamides is 1. The van der Waals surface area contributed by atoms with E-state index in [1.54, 1.807) is 6.07 Å². The third-order valence-corrected chi connectivity index (χ3v) is 6.76. The molecular formula is C16H23N3O4S. The van der Waals surface area contributed by atoms with Crippen LogP contribution in [0.3, 0.4) is 0 Å². The highest BCUT2D eigenvalue weighted by Gasteiger charge is 2.33. The van der Waals surface area contributed by atoms with E-state index in [9.17, 15) is 18.5 Å². The first kappa shape index (κ1) is 17.2. The molecule has 2 aliphatic heterocycles. The molecule has 1 atom stereocenters. The first-order valence-electron chi connectivity index (χ1n) is 8.43. The van der Waals surface area contributed by atoms with Crippen LogP contribution in [0.4, 0.5) is 11.4 Å². The average molecular weight is 353 g/mol. The quantitative estimate of drug-likeness (QED) is 0.614. The lowest BCUT2D eigenvalue weighted by molar-refractivity contribution is -0.385. The molecule has 0 radical (unpaired) electrons. The molecule has 8 heteroatoms. The second kappa shape index (κ2) is 6.68. The van der Waals surface area contributed by atoms with Crippen LogP contribution in [0.5, 0.6) is 0 Å². The molecule has 3 rings (SSSR count). The van der Waals surface area contributed by atoms with Crippen LogP contribution in [0, 0.1) is 16.0 Å². The van der Waals surface area contributed by atoms with Gasteiger partial charge in [-0.25, -0.2) is 8.42 Å². The van der Waals surface area contributed by atoms with Gasteiger partial charge in [-0.2, -0.15) is 4.31 Å². The largest absolute Gasteiger partial charge is 0.370 e. The smallest absolute Gasteiger partial charge is 0.270 e. The molecule has 1 aromatic rings. The number of rotatable bonds is 4. The van der Waals surface area contributed by atoms with E-state index >= 15 is 0 Å². The summed E-state index contributed by atoms with van der Waals surface area (Å²) in [7, 11) is -3.70. The Hall–Kier alpha value is -1.67. The van der Waals surface area contributed by atoms with E-state index < -0.39 is 14.9 Å². The molecule has 1 aromatic carbocycles. The van der Waals surface area contributed by atoms with Crippen LogP contribution >= 0.6 is 0 Å². The van der Waals surface area contributed by atoms with Gasteiger partial charge < -0.3 is 4.90 Å². The summed E-state index contributed by atoms with van der Waals surface area (Å²) in [6.45, 7) is 4.68. The summed E-state index contributed by atoms with van der Waals surface area (Å²) in [4.78, 5) is 12.7. The van der Waals surface area contributed by atoms with Gasteiger partial charge in [-0.3, -0.25) is 10.1 Å². The van der Waals surface area contributed by atoms with Gasteiger partial charge in [0.25, 0.3) is 5.69 Å². The predicted molar refractivity (Wildman–Crippen MR) is 91.7 cm³/mol. The van der Waals surface area contributed by atoms with Crippen molar-refractivity contribution in [2.75, 3.05) is 31.1 Å². The summed E-state index contributed by atoms with van der Waals surface area (Å²) in [6.07, 6.45) is 3.80. The maximum atomic E-state index is 13.0. The Morgan fingerprint density at radius 3 is 2.50 bits per heavy atom. The predicted octanol–water partition coefficient (Wildman–Crippen LogP) is 2.62. The summed E-state index contributed by atoms with van der Waals surface area (Å²) in [6, 6.07) is 4.22. The highest BCUT2D eigenvalue weighted by Crippen LogP contribution is 2.34. The Bertz CT molecular complexity index is 729. The zero-order valence-corrected chi connectivity index (χ0v) is 14.7. The third-order valence-electron chi connectivity index (χ3n) is 4.83. The van der Waals surface area contributed by atoms with Gasteiger partial charge in [0.1, 0.15) is 4.90 Å². The molecule has 24 heavy (non-hydrogen) atoms. The summed E-state index contributed by atoms with van der Waals surface area (Å²) in [5.74, 6) is 0.483. The third kappa shape index (κ3) is 3.25. The second-order valence-electron chi connectivity index (χ2n) is 6.71.